The maximum Gasteiger partial charge on any atom is 0.261 e. The summed E-state index contributed by atoms with van der Waals surface area (Å²) in [5.41, 5.74) is 27.8. The molecule has 6 heteroatoms. The van der Waals surface area contributed by atoms with Gasteiger partial charge >= 0.3 is 0 Å². The number of hydrogen-bond donors (Lipinski definition) is 0. The molecule has 5 nitrogen and oxygen atoms in total. The van der Waals surface area contributed by atoms with E-state index in [1.54, 1.807) is 0 Å². The van der Waals surface area contributed by atoms with Crippen LogP contribution in [0.3, 0.4) is 0 Å². The number of amides is 2. The van der Waals surface area contributed by atoms with Crippen LogP contribution in [-0.4, -0.2) is 34.7 Å². The highest BCUT2D eigenvalue weighted by Crippen LogP contribution is 2.48. The third kappa shape index (κ3) is 15.7. The number of unbranched alkanes of at least 4 members (excludes halogenated alkanes) is 6. The van der Waals surface area contributed by atoms with Gasteiger partial charge in [-0.3, -0.25) is 9.59 Å². The minimum Gasteiger partial charge on any atom is -0.311 e. The van der Waals surface area contributed by atoms with E-state index in [1.807, 2.05) is 34.1 Å². The molecule has 2 amide bonds. The van der Waals surface area contributed by atoms with E-state index in [-0.39, 0.29) is 11.8 Å². The van der Waals surface area contributed by atoms with Crippen molar-refractivity contribution >= 4 is 90.6 Å². The van der Waals surface area contributed by atoms with Crippen molar-refractivity contribution in [3.05, 3.63) is 434 Å². The van der Waals surface area contributed by atoms with Crippen molar-refractivity contribution in [3.63, 3.8) is 0 Å². The number of benzene rings is 13. The van der Waals surface area contributed by atoms with Gasteiger partial charge in [-0.15, -0.1) is 0 Å². The van der Waals surface area contributed by atoms with Gasteiger partial charge in [0.05, 0.1) is 22.5 Å². The van der Waals surface area contributed by atoms with Gasteiger partial charge in [0.25, 0.3) is 11.8 Å². The second-order valence-corrected chi connectivity index (χ2v) is 28.7. The van der Waals surface area contributed by atoms with Gasteiger partial charge in [-0.25, -0.2) is 0 Å². The number of hydrogen-bond acceptors (Lipinski definition) is 3. The van der Waals surface area contributed by atoms with Crippen molar-refractivity contribution in [2.45, 2.75) is 65.2 Å². The number of rotatable bonds is 27. The average Bonchev–Trinajstić information content (AvgIpc) is 1.56. The Bertz CT molecular complexity index is 5100. The van der Waals surface area contributed by atoms with E-state index in [0.29, 0.717) is 24.2 Å². The molecule has 0 aliphatic carbocycles. The van der Waals surface area contributed by atoms with Crippen LogP contribution in [0.4, 0.5) is 17.1 Å². The fourth-order valence-corrected chi connectivity index (χ4v) is 15.5. The largest absolute Gasteiger partial charge is 0.311 e. The first kappa shape index (κ1) is 71.4. The molecular formula is C102H86BrN3O2. The van der Waals surface area contributed by atoms with Crippen molar-refractivity contribution in [3.8, 4) is 22.3 Å². The van der Waals surface area contributed by atoms with Crippen LogP contribution in [0.5, 0.6) is 0 Å². The Hall–Kier alpha value is -12.2. The van der Waals surface area contributed by atoms with Crippen LogP contribution in [0, 0.1) is 0 Å². The van der Waals surface area contributed by atoms with Gasteiger partial charge in [-0.2, -0.15) is 0 Å². The Morgan fingerprint density at radius 1 is 0.278 bits per heavy atom. The van der Waals surface area contributed by atoms with Crippen molar-refractivity contribution in [2.24, 2.45) is 0 Å². The molecule has 0 saturated carbocycles. The molecule has 108 heavy (non-hydrogen) atoms. The highest BCUT2D eigenvalue weighted by atomic mass is 79.9. The van der Waals surface area contributed by atoms with Crippen LogP contribution in [0.15, 0.2) is 367 Å². The molecule has 2 heterocycles. The highest BCUT2D eigenvalue weighted by molar-refractivity contribution is 9.10. The molecule has 13 aromatic rings. The second kappa shape index (κ2) is 33.9. The summed E-state index contributed by atoms with van der Waals surface area (Å²) in [4.78, 5) is 36.0. The van der Waals surface area contributed by atoms with E-state index >= 15 is 0 Å². The number of fused-ring (bicyclic) bond motifs is 1. The molecule has 2 aliphatic rings. The van der Waals surface area contributed by atoms with E-state index in [9.17, 15) is 9.59 Å². The highest BCUT2D eigenvalue weighted by Gasteiger charge is 2.48. The van der Waals surface area contributed by atoms with Gasteiger partial charge in [-0.1, -0.05) is 384 Å². The molecule has 0 bridgehead atoms. The molecule has 0 saturated heterocycles. The molecule has 0 unspecified atom stereocenters. The quantitative estimate of drug-likeness (QED) is 0.0381. The predicted octanol–water partition coefficient (Wildman–Crippen LogP) is 26.4. The van der Waals surface area contributed by atoms with E-state index in [2.05, 4.69) is 374 Å². The Labute approximate surface area is 645 Å². The molecule has 0 spiro atoms. The summed E-state index contributed by atoms with van der Waals surface area (Å²) in [6.45, 7) is 5.51. The number of carbonyl (C=O) groups excluding carboxylic acids is 2. The third-order valence-corrected chi connectivity index (χ3v) is 21.2. The molecule has 528 valence electrons. The monoisotopic (exact) mass is 1460 g/mol. The van der Waals surface area contributed by atoms with Crippen LogP contribution >= 0.6 is 15.9 Å². The maximum absolute atomic E-state index is 14.9. The number of nitrogens with zero attached hydrogens (tertiary/aromatic N) is 3. The summed E-state index contributed by atoms with van der Waals surface area (Å²) in [5, 5.41) is 0. The van der Waals surface area contributed by atoms with Gasteiger partial charge < -0.3 is 14.7 Å². The number of halogens is 1. The van der Waals surface area contributed by atoms with Gasteiger partial charge in [0.2, 0.25) is 0 Å². The van der Waals surface area contributed by atoms with Gasteiger partial charge in [-0.05, 0) is 173 Å². The maximum atomic E-state index is 14.9. The van der Waals surface area contributed by atoms with E-state index in [4.69, 9.17) is 0 Å². The topological polar surface area (TPSA) is 43.9 Å². The van der Waals surface area contributed by atoms with Crippen molar-refractivity contribution in [1.82, 2.24) is 9.80 Å². The molecule has 13 aromatic carbocycles. The van der Waals surface area contributed by atoms with Crippen LogP contribution in [0.2, 0.25) is 0 Å². The molecule has 0 N–H and O–H groups in total. The van der Waals surface area contributed by atoms with Crippen LogP contribution in [0.25, 0.3) is 68.1 Å². The smallest absolute Gasteiger partial charge is 0.261 e. The SMILES string of the molecule is CCCCCCN1C(=O)C2=C(c3ccc(/C=C/c4ccc(N(c5ccc(-c6ccc(C(=C(c7ccccc7)c7ccccc7)c7ccccc7)cc6)cc5)c5ccc(-c6ccc(C(=C(c7ccccc7)c7ccccc7)c7ccccc7)cc6)cc5)cc4)cc3)N(CCCCCC)C(=O)C2=C1c1ccc(Br)cc1. The fourth-order valence-electron chi connectivity index (χ4n) is 15.3. The molecule has 0 aromatic heterocycles. The Morgan fingerprint density at radius 3 is 0.806 bits per heavy atom. The van der Waals surface area contributed by atoms with Crippen LogP contribution < -0.4 is 4.90 Å². The normalized spacial score (nSPS) is 12.7. The fraction of sp³-hybridized carbons (Fsp3) is 0.118. The summed E-state index contributed by atoms with van der Waals surface area (Å²) in [7, 11) is 0. The third-order valence-electron chi connectivity index (χ3n) is 20.7. The number of anilines is 3. The van der Waals surface area contributed by atoms with E-state index in [1.165, 1.54) is 22.3 Å². The zero-order valence-corrected chi connectivity index (χ0v) is 62.8. The first-order chi connectivity index (χ1) is 53.3. The zero-order valence-electron chi connectivity index (χ0n) is 61.2. The summed E-state index contributed by atoms with van der Waals surface area (Å²) in [5.74, 6) is -0.177. The Kier molecular flexibility index (Phi) is 22.4. The van der Waals surface area contributed by atoms with Crippen LogP contribution in [-0.2, 0) is 9.59 Å². The molecular weight excluding hydrogens is 1380 g/mol. The average molecular weight is 1470 g/mol. The van der Waals surface area contributed by atoms with E-state index in [0.717, 1.165) is 173 Å². The summed E-state index contributed by atoms with van der Waals surface area (Å²) in [6.07, 6.45) is 12.4. The predicted molar refractivity (Wildman–Crippen MR) is 456 cm³/mol. The first-order valence-corrected chi connectivity index (χ1v) is 38.9. The Morgan fingerprint density at radius 2 is 0.519 bits per heavy atom. The minimum atomic E-state index is -0.0887. The minimum absolute atomic E-state index is 0.0887. The van der Waals surface area contributed by atoms with Crippen molar-refractivity contribution in [2.75, 3.05) is 18.0 Å². The number of carbonyl (C=O) groups is 2. The lowest BCUT2D eigenvalue weighted by Gasteiger charge is -2.26. The standard InChI is InChI=1S/C102H86BrN3O2/c1-3-5-7-27-71-104-99(97-98(102(104)108)100(88-57-63-89(103)64-58-88)105(101(97)107)72-28-8-6-4-2)87-47-43-73(44-48-87)41-42-74-45-65-90(66-46-74)106(91-67-59-77(60-68-91)75-49-53-85(54-50-75)95(83-37-23-13-24-38-83)93(79-29-15-9-16-30-79)80-31-17-10-18-32-80)92-69-61-78(62-70-92)76-51-55-86(56-52-76)96(84-39-25-14-26-40-84)94(81-33-19-11-20-34-81)82-35-21-12-22-36-82/h9-26,29-70H,3-8,27-28,71-72H2,1-2H3/b42-41+. The van der Waals surface area contributed by atoms with Gasteiger partial charge in [0, 0.05) is 34.6 Å². The van der Waals surface area contributed by atoms with Gasteiger partial charge in [0.1, 0.15) is 0 Å². The zero-order chi connectivity index (χ0) is 73.6. The summed E-state index contributed by atoms with van der Waals surface area (Å²) in [6, 6.07) is 126. The van der Waals surface area contributed by atoms with Gasteiger partial charge in [0.15, 0.2) is 0 Å². The van der Waals surface area contributed by atoms with Crippen molar-refractivity contribution < 1.29 is 9.59 Å². The lowest BCUT2D eigenvalue weighted by atomic mass is 9.85. The first-order valence-electron chi connectivity index (χ1n) is 38.1. The molecule has 0 fully saturated rings. The second-order valence-electron chi connectivity index (χ2n) is 27.8. The Balaban J connectivity index is 0.749. The molecule has 0 radical (unpaired) electrons. The summed E-state index contributed by atoms with van der Waals surface area (Å²) >= 11 is 3.61. The lowest BCUT2D eigenvalue weighted by molar-refractivity contribution is -0.124. The molecule has 2 aliphatic heterocycles. The van der Waals surface area contributed by atoms with E-state index < -0.39 is 0 Å². The summed E-state index contributed by atoms with van der Waals surface area (Å²) < 4.78 is 0.947. The molecule has 15 rings (SSSR count). The van der Waals surface area contributed by atoms with Crippen molar-refractivity contribution in [1.29, 1.82) is 0 Å². The molecule has 0 atom stereocenters. The van der Waals surface area contributed by atoms with Crippen LogP contribution in [0.1, 0.15) is 132 Å². The lowest BCUT2D eigenvalue weighted by Crippen LogP contribution is -2.31.